The van der Waals surface area contributed by atoms with Gasteiger partial charge in [0.2, 0.25) is 0 Å². The van der Waals surface area contributed by atoms with Gasteiger partial charge in [-0.15, -0.1) is 11.3 Å². The number of halogens is 1. The Balaban J connectivity index is 2.19. The fourth-order valence-corrected chi connectivity index (χ4v) is 2.78. The van der Waals surface area contributed by atoms with Crippen LogP contribution in [0.5, 0.6) is 0 Å². The molecule has 96 valence electrons. The van der Waals surface area contributed by atoms with Gasteiger partial charge in [0.05, 0.1) is 11.0 Å². The van der Waals surface area contributed by atoms with Gasteiger partial charge in [-0.05, 0) is 31.0 Å². The maximum Gasteiger partial charge on any atom is 0.0947 e. The molecule has 0 saturated heterocycles. The Morgan fingerprint density at radius 3 is 2.78 bits per heavy atom. The number of benzene rings is 1. The molecule has 1 atom stereocenters. The first-order valence-corrected chi connectivity index (χ1v) is 6.99. The summed E-state index contributed by atoms with van der Waals surface area (Å²) in [4.78, 5) is 4.45. The lowest BCUT2D eigenvalue weighted by molar-refractivity contribution is 0.550. The van der Waals surface area contributed by atoms with Crippen LogP contribution in [-0.4, -0.2) is 4.98 Å². The van der Waals surface area contributed by atoms with E-state index in [1.807, 2.05) is 37.4 Å². The molecule has 0 aliphatic carbocycles. The van der Waals surface area contributed by atoms with Crippen molar-refractivity contribution in [3.63, 3.8) is 0 Å². The average molecular weight is 282 g/mol. The summed E-state index contributed by atoms with van der Waals surface area (Å²) in [5, 5.41) is 3.89. The molecule has 1 heterocycles. The summed E-state index contributed by atoms with van der Waals surface area (Å²) in [5.41, 5.74) is 6.03. The highest BCUT2D eigenvalue weighted by Gasteiger charge is 2.13. The third-order valence-corrected chi connectivity index (χ3v) is 4.24. The standard InChI is InChI=1S/C13H16ClN3S/c1-8-3-4-10(5-11(8)14)12(17-15)6-13-16-9(2)7-18-13/h3-5,7,12,17H,6,15H2,1-2H3. The summed E-state index contributed by atoms with van der Waals surface area (Å²) in [5.74, 6) is 5.63. The molecule has 0 aliphatic rings. The molecule has 0 amide bonds. The van der Waals surface area contributed by atoms with Crippen LogP contribution in [0.25, 0.3) is 0 Å². The first-order valence-electron chi connectivity index (χ1n) is 5.73. The van der Waals surface area contributed by atoms with Crippen LogP contribution < -0.4 is 11.3 Å². The lowest BCUT2D eigenvalue weighted by Crippen LogP contribution is -2.29. The SMILES string of the molecule is Cc1csc(CC(NN)c2ccc(C)c(Cl)c2)n1. The van der Waals surface area contributed by atoms with Crippen molar-refractivity contribution in [3.05, 3.63) is 50.4 Å². The summed E-state index contributed by atoms with van der Waals surface area (Å²) in [7, 11) is 0. The van der Waals surface area contributed by atoms with Crippen molar-refractivity contribution in [2.24, 2.45) is 5.84 Å². The lowest BCUT2D eigenvalue weighted by atomic mass is 10.0. The molecule has 1 aromatic heterocycles. The van der Waals surface area contributed by atoms with Crippen LogP contribution in [0.3, 0.4) is 0 Å². The summed E-state index contributed by atoms with van der Waals surface area (Å²) in [6, 6.07) is 6.05. The van der Waals surface area contributed by atoms with Gasteiger partial charge in [0.15, 0.2) is 0 Å². The first-order chi connectivity index (χ1) is 8.60. The number of rotatable bonds is 4. The van der Waals surface area contributed by atoms with E-state index in [0.717, 1.165) is 33.3 Å². The molecule has 18 heavy (non-hydrogen) atoms. The average Bonchev–Trinajstić information content (AvgIpc) is 2.75. The third-order valence-electron chi connectivity index (χ3n) is 2.84. The normalized spacial score (nSPS) is 12.7. The molecule has 5 heteroatoms. The Hall–Kier alpha value is -0.940. The van der Waals surface area contributed by atoms with Crippen molar-refractivity contribution >= 4 is 22.9 Å². The zero-order chi connectivity index (χ0) is 13.1. The second-order valence-electron chi connectivity index (χ2n) is 4.31. The van der Waals surface area contributed by atoms with Crippen LogP contribution in [0, 0.1) is 13.8 Å². The molecule has 2 aromatic rings. The molecule has 1 unspecified atom stereocenters. The smallest absolute Gasteiger partial charge is 0.0947 e. The van der Waals surface area contributed by atoms with Crippen molar-refractivity contribution in [2.45, 2.75) is 26.3 Å². The third kappa shape index (κ3) is 3.09. The molecule has 0 aliphatic heterocycles. The summed E-state index contributed by atoms with van der Waals surface area (Å²) < 4.78 is 0. The van der Waals surface area contributed by atoms with Gasteiger partial charge in [-0.3, -0.25) is 11.3 Å². The molecular formula is C13H16ClN3S. The van der Waals surface area contributed by atoms with Gasteiger partial charge in [-0.2, -0.15) is 0 Å². The number of thiazole rings is 1. The first kappa shape index (κ1) is 13.5. The van der Waals surface area contributed by atoms with Crippen LogP contribution in [-0.2, 0) is 6.42 Å². The van der Waals surface area contributed by atoms with Gasteiger partial charge < -0.3 is 0 Å². The summed E-state index contributed by atoms with van der Waals surface area (Å²) >= 11 is 7.80. The maximum absolute atomic E-state index is 6.14. The lowest BCUT2D eigenvalue weighted by Gasteiger charge is -2.15. The largest absolute Gasteiger partial charge is 0.271 e. The molecule has 0 radical (unpaired) electrons. The number of hydrazine groups is 1. The fraction of sp³-hybridized carbons (Fsp3) is 0.308. The number of aromatic nitrogens is 1. The highest BCUT2D eigenvalue weighted by molar-refractivity contribution is 7.09. The molecule has 1 aromatic carbocycles. The Morgan fingerprint density at radius 2 is 2.22 bits per heavy atom. The Labute approximate surface area is 116 Å². The predicted molar refractivity (Wildman–Crippen MR) is 76.8 cm³/mol. The van der Waals surface area contributed by atoms with Crippen LogP contribution in [0.4, 0.5) is 0 Å². The summed E-state index contributed by atoms with van der Waals surface area (Å²) in [6.45, 7) is 3.98. The zero-order valence-corrected chi connectivity index (χ0v) is 12.0. The van der Waals surface area contributed by atoms with Gasteiger partial charge in [0.1, 0.15) is 0 Å². The minimum atomic E-state index is 0.0358. The minimum absolute atomic E-state index is 0.0358. The second-order valence-corrected chi connectivity index (χ2v) is 5.66. The number of hydrogen-bond donors (Lipinski definition) is 2. The number of hydrogen-bond acceptors (Lipinski definition) is 4. The Morgan fingerprint density at radius 1 is 1.44 bits per heavy atom. The molecule has 0 saturated carbocycles. The van der Waals surface area contributed by atoms with E-state index in [0.29, 0.717) is 0 Å². The molecule has 3 N–H and O–H groups in total. The van der Waals surface area contributed by atoms with E-state index in [9.17, 15) is 0 Å². The van der Waals surface area contributed by atoms with Gasteiger partial charge in [-0.25, -0.2) is 4.98 Å². The van der Waals surface area contributed by atoms with Crippen molar-refractivity contribution in [2.75, 3.05) is 0 Å². The Bertz CT molecular complexity index is 539. The number of nitrogens with one attached hydrogen (secondary N) is 1. The second kappa shape index (κ2) is 5.80. The highest BCUT2D eigenvalue weighted by Crippen LogP contribution is 2.24. The summed E-state index contributed by atoms with van der Waals surface area (Å²) in [6.07, 6.45) is 0.772. The van der Waals surface area contributed by atoms with E-state index in [-0.39, 0.29) is 6.04 Å². The van der Waals surface area contributed by atoms with E-state index in [1.54, 1.807) is 11.3 Å². The highest BCUT2D eigenvalue weighted by atomic mass is 35.5. The number of aryl methyl sites for hydroxylation is 2. The molecular weight excluding hydrogens is 266 g/mol. The predicted octanol–water partition coefficient (Wildman–Crippen LogP) is 3.16. The minimum Gasteiger partial charge on any atom is -0.271 e. The molecule has 0 bridgehead atoms. The van der Waals surface area contributed by atoms with Crippen LogP contribution in [0.15, 0.2) is 23.6 Å². The van der Waals surface area contributed by atoms with Crippen molar-refractivity contribution in [1.29, 1.82) is 0 Å². The van der Waals surface area contributed by atoms with E-state index in [4.69, 9.17) is 17.4 Å². The van der Waals surface area contributed by atoms with E-state index in [1.165, 1.54) is 0 Å². The van der Waals surface area contributed by atoms with Gasteiger partial charge in [-0.1, -0.05) is 23.7 Å². The van der Waals surface area contributed by atoms with Crippen molar-refractivity contribution < 1.29 is 0 Å². The van der Waals surface area contributed by atoms with Gasteiger partial charge >= 0.3 is 0 Å². The topological polar surface area (TPSA) is 50.9 Å². The van der Waals surface area contributed by atoms with Crippen molar-refractivity contribution in [1.82, 2.24) is 10.4 Å². The maximum atomic E-state index is 6.14. The molecule has 2 rings (SSSR count). The number of nitrogens with two attached hydrogens (primary N) is 1. The molecule has 0 fully saturated rings. The number of nitrogens with zero attached hydrogens (tertiary/aromatic N) is 1. The van der Waals surface area contributed by atoms with E-state index < -0.39 is 0 Å². The van der Waals surface area contributed by atoms with E-state index >= 15 is 0 Å². The van der Waals surface area contributed by atoms with Crippen LogP contribution in [0.2, 0.25) is 5.02 Å². The fourth-order valence-electron chi connectivity index (χ4n) is 1.77. The van der Waals surface area contributed by atoms with Crippen LogP contribution in [0.1, 0.15) is 27.9 Å². The van der Waals surface area contributed by atoms with E-state index in [2.05, 4.69) is 10.4 Å². The quantitative estimate of drug-likeness (QED) is 0.669. The molecule has 0 spiro atoms. The van der Waals surface area contributed by atoms with Crippen molar-refractivity contribution in [3.8, 4) is 0 Å². The zero-order valence-electron chi connectivity index (χ0n) is 10.4. The monoisotopic (exact) mass is 281 g/mol. The Kier molecular flexibility index (Phi) is 4.35. The van der Waals surface area contributed by atoms with Crippen LogP contribution >= 0.6 is 22.9 Å². The van der Waals surface area contributed by atoms with Gasteiger partial charge in [0, 0.05) is 22.5 Å². The molecule has 3 nitrogen and oxygen atoms in total. The van der Waals surface area contributed by atoms with Gasteiger partial charge in [0.25, 0.3) is 0 Å².